The van der Waals surface area contributed by atoms with Crippen LogP contribution >= 0.6 is 0 Å². The lowest BCUT2D eigenvalue weighted by molar-refractivity contribution is -0.384. The van der Waals surface area contributed by atoms with E-state index in [-0.39, 0.29) is 16.9 Å². The van der Waals surface area contributed by atoms with Gasteiger partial charge in [-0.25, -0.2) is 4.68 Å². The Hall–Kier alpha value is -2.37. The first-order valence-corrected chi connectivity index (χ1v) is 6.37. The van der Waals surface area contributed by atoms with E-state index in [1.54, 1.807) is 0 Å². The monoisotopic (exact) mass is 274 g/mol. The first kappa shape index (κ1) is 14.0. The van der Waals surface area contributed by atoms with Crippen LogP contribution in [0.2, 0.25) is 0 Å². The number of aromatic nitrogens is 2. The lowest BCUT2D eigenvalue weighted by atomic mass is 9.90. The number of nitro groups is 1. The minimum absolute atomic E-state index is 0.0699. The fraction of sp³-hybridized carbons (Fsp3) is 0.357. The van der Waals surface area contributed by atoms with Crippen LogP contribution in [0.3, 0.4) is 0 Å². The molecule has 0 aliphatic rings. The first-order valence-electron chi connectivity index (χ1n) is 6.37. The van der Waals surface area contributed by atoms with Crippen LogP contribution in [0.1, 0.15) is 26.5 Å². The quantitative estimate of drug-likeness (QED) is 0.688. The topological polar surface area (TPSA) is 87.0 Å². The third-order valence-electron chi connectivity index (χ3n) is 2.85. The van der Waals surface area contributed by atoms with E-state index in [0.717, 1.165) is 0 Å². The highest BCUT2D eigenvalue weighted by Gasteiger charge is 2.29. The van der Waals surface area contributed by atoms with Gasteiger partial charge in [0.05, 0.1) is 10.6 Å². The number of rotatable bonds is 3. The molecule has 0 fully saturated rings. The van der Waals surface area contributed by atoms with Crippen LogP contribution in [-0.4, -0.2) is 14.7 Å². The summed E-state index contributed by atoms with van der Waals surface area (Å²) < 4.78 is 1.43. The van der Waals surface area contributed by atoms with Crippen LogP contribution in [0.4, 0.5) is 11.5 Å². The molecule has 0 spiro atoms. The molecule has 0 radical (unpaired) electrons. The van der Waals surface area contributed by atoms with Gasteiger partial charge in [-0.3, -0.25) is 10.1 Å². The second-order valence-electron chi connectivity index (χ2n) is 5.92. The zero-order chi connectivity index (χ0) is 14.9. The van der Waals surface area contributed by atoms with Crippen molar-refractivity contribution in [2.75, 3.05) is 5.73 Å². The van der Waals surface area contributed by atoms with Crippen LogP contribution in [0.25, 0.3) is 5.69 Å². The number of nitrogen functional groups attached to an aromatic ring is 1. The SMILES string of the molecule is CC(C)(C)Cc1nn(-c2ccccc2)c(N)c1[N+](=O)[O-]. The molecule has 0 saturated carbocycles. The van der Waals surface area contributed by atoms with Crippen molar-refractivity contribution < 1.29 is 4.92 Å². The average Bonchev–Trinajstić information content (AvgIpc) is 2.65. The maximum Gasteiger partial charge on any atom is 0.334 e. The van der Waals surface area contributed by atoms with E-state index in [1.807, 2.05) is 51.1 Å². The Kier molecular flexibility index (Phi) is 3.48. The van der Waals surface area contributed by atoms with E-state index in [1.165, 1.54) is 4.68 Å². The molecule has 0 aliphatic carbocycles. The Balaban J connectivity index is 2.56. The second kappa shape index (κ2) is 4.96. The summed E-state index contributed by atoms with van der Waals surface area (Å²) in [7, 11) is 0. The van der Waals surface area contributed by atoms with Crippen molar-refractivity contribution in [3.63, 3.8) is 0 Å². The molecule has 6 nitrogen and oxygen atoms in total. The van der Waals surface area contributed by atoms with E-state index in [2.05, 4.69) is 5.10 Å². The van der Waals surface area contributed by atoms with Crippen LogP contribution in [0.15, 0.2) is 30.3 Å². The molecular weight excluding hydrogens is 256 g/mol. The molecule has 0 unspecified atom stereocenters. The van der Waals surface area contributed by atoms with E-state index in [4.69, 9.17) is 5.73 Å². The average molecular weight is 274 g/mol. The smallest absolute Gasteiger partial charge is 0.334 e. The molecule has 1 aromatic heterocycles. The Bertz CT molecular complexity index is 627. The van der Waals surface area contributed by atoms with Crippen molar-refractivity contribution in [1.82, 2.24) is 9.78 Å². The fourth-order valence-electron chi connectivity index (χ4n) is 2.06. The maximum absolute atomic E-state index is 11.2. The molecule has 0 atom stereocenters. The van der Waals surface area contributed by atoms with Crippen LogP contribution in [0, 0.1) is 15.5 Å². The Morgan fingerprint density at radius 1 is 1.30 bits per heavy atom. The van der Waals surface area contributed by atoms with Gasteiger partial charge in [0.25, 0.3) is 0 Å². The molecule has 0 saturated heterocycles. The molecule has 0 amide bonds. The Morgan fingerprint density at radius 3 is 2.40 bits per heavy atom. The maximum atomic E-state index is 11.2. The highest BCUT2D eigenvalue weighted by Crippen LogP contribution is 2.32. The van der Waals surface area contributed by atoms with E-state index in [0.29, 0.717) is 17.8 Å². The van der Waals surface area contributed by atoms with Crippen molar-refractivity contribution in [1.29, 1.82) is 0 Å². The molecule has 2 N–H and O–H groups in total. The summed E-state index contributed by atoms with van der Waals surface area (Å²) in [6.07, 6.45) is 0.493. The van der Waals surface area contributed by atoms with Crippen LogP contribution in [0.5, 0.6) is 0 Å². The molecular formula is C14H18N4O2. The number of nitrogens with zero attached hydrogens (tertiary/aromatic N) is 3. The molecule has 2 aromatic rings. The number of benzene rings is 1. The minimum atomic E-state index is -0.456. The molecule has 1 aromatic carbocycles. The number of nitrogens with two attached hydrogens (primary N) is 1. The molecule has 20 heavy (non-hydrogen) atoms. The molecule has 106 valence electrons. The van der Waals surface area contributed by atoms with Crippen molar-refractivity contribution in [2.45, 2.75) is 27.2 Å². The molecule has 6 heteroatoms. The summed E-state index contributed by atoms with van der Waals surface area (Å²) in [4.78, 5) is 10.8. The van der Waals surface area contributed by atoms with E-state index >= 15 is 0 Å². The van der Waals surface area contributed by atoms with Gasteiger partial charge in [-0.1, -0.05) is 39.0 Å². The normalized spacial score (nSPS) is 11.6. The number of para-hydroxylation sites is 1. The van der Waals surface area contributed by atoms with Crippen LogP contribution < -0.4 is 5.73 Å². The van der Waals surface area contributed by atoms with Crippen molar-refractivity contribution >= 4 is 11.5 Å². The molecule has 1 heterocycles. The summed E-state index contributed by atoms with van der Waals surface area (Å²) in [5.74, 6) is 0.0699. The highest BCUT2D eigenvalue weighted by atomic mass is 16.6. The molecule has 2 rings (SSSR count). The lowest BCUT2D eigenvalue weighted by Gasteiger charge is -2.15. The largest absolute Gasteiger partial charge is 0.378 e. The minimum Gasteiger partial charge on any atom is -0.378 e. The third-order valence-corrected chi connectivity index (χ3v) is 2.85. The van der Waals surface area contributed by atoms with Gasteiger partial charge >= 0.3 is 5.69 Å². The van der Waals surface area contributed by atoms with Gasteiger partial charge in [-0.2, -0.15) is 5.10 Å². The highest BCUT2D eigenvalue weighted by molar-refractivity contribution is 5.60. The van der Waals surface area contributed by atoms with E-state index in [9.17, 15) is 10.1 Å². The summed E-state index contributed by atoms with van der Waals surface area (Å²) in [6, 6.07) is 9.17. The first-order chi connectivity index (χ1) is 9.29. The fourth-order valence-corrected chi connectivity index (χ4v) is 2.06. The third kappa shape index (κ3) is 2.79. The van der Waals surface area contributed by atoms with Gasteiger partial charge in [0.15, 0.2) is 0 Å². The summed E-state index contributed by atoms with van der Waals surface area (Å²) >= 11 is 0. The van der Waals surface area contributed by atoms with Crippen molar-refractivity contribution in [3.05, 3.63) is 46.1 Å². The standard InChI is InChI=1S/C14H18N4O2/c1-14(2,3)9-11-12(18(19)20)13(15)17(16-11)10-7-5-4-6-8-10/h4-8H,9,15H2,1-3H3. The van der Waals surface area contributed by atoms with Gasteiger partial charge in [0.1, 0.15) is 5.69 Å². The van der Waals surface area contributed by atoms with Gasteiger partial charge in [0, 0.05) is 6.42 Å². The predicted molar refractivity (Wildman–Crippen MR) is 77.8 cm³/mol. The zero-order valence-electron chi connectivity index (χ0n) is 11.8. The molecule has 0 aliphatic heterocycles. The summed E-state index contributed by atoms with van der Waals surface area (Å²) in [6.45, 7) is 6.03. The predicted octanol–water partition coefficient (Wildman–Crippen LogP) is 2.95. The summed E-state index contributed by atoms with van der Waals surface area (Å²) in [5.41, 5.74) is 6.85. The Morgan fingerprint density at radius 2 is 1.90 bits per heavy atom. The van der Waals surface area contributed by atoms with Gasteiger partial charge in [0.2, 0.25) is 5.82 Å². The van der Waals surface area contributed by atoms with Gasteiger partial charge in [-0.15, -0.1) is 0 Å². The number of hydrogen-bond donors (Lipinski definition) is 1. The zero-order valence-corrected chi connectivity index (χ0v) is 11.8. The summed E-state index contributed by atoms with van der Waals surface area (Å²) in [5, 5.41) is 15.6. The Labute approximate surface area is 117 Å². The van der Waals surface area contributed by atoms with E-state index < -0.39 is 4.92 Å². The lowest BCUT2D eigenvalue weighted by Crippen LogP contribution is -2.11. The molecule has 0 bridgehead atoms. The van der Waals surface area contributed by atoms with Crippen molar-refractivity contribution in [2.24, 2.45) is 5.41 Å². The van der Waals surface area contributed by atoms with Gasteiger partial charge < -0.3 is 5.73 Å². The van der Waals surface area contributed by atoms with Crippen molar-refractivity contribution in [3.8, 4) is 5.69 Å². The number of hydrogen-bond acceptors (Lipinski definition) is 4. The van der Waals surface area contributed by atoms with Crippen LogP contribution in [-0.2, 0) is 6.42 Å². The van der Waals surface area contributed by atoms with Gasteiger partial charge in [-0.05, 0) is 17.5 Å². The number of anilines is 1. The second-order valence-corrected chi connectivity index (χ2v) is 5.92.